The number of carbonyl (C=O) groups excluding carboxylic acids is 2. The zero-order chi connectivity index (χ0) is 25.9. The van der Waals surface area contributed by atoms with Gasteiger partial charge in [0.25, 0.3) is 11.8 Å². The van der Waals surface area contributed by atoms with Crippen LogP contribution >= 0.6 is 0 Å². The molecule has 0 bridgehead atoms. The summed E-state index contributed by atoms with van der Waals surface area (Å²) in [6.07, 6.45) is 9.47. The molecule has 0 aromatic heterocycles. The van der Waals surface area contributed by atoms with Crippen LogP contribution in [0.2, 0.25) is 0 Å². The van der Waals surface area contributed by atoms with Gasteiger partial charge in [-0.2, -0.15) is 0 Å². The lowest BCUT2D eigenvalue weighted by Crippen LogP contribution is -2.41. The van der Waals surface area contributed by atoms with Crippen LogP contribution in [0.25, 0.3) is 5.57 Å². The molecule has 2 aromatic rings. The number of piperidine rings is 1. The van der Waals surface area contributed by atoms with Crippen LogP contribution in [0.15, 0.2) is 66.8 Å². The number of hydrogen-bond acceptors (Lipinski definition) is 3. The van der Waals surface area contributed by atoms with Crippen molar-refractivity contribution in [1.82, 2.24) is 15.5 Å². The quantitative estimate of drug-likeness (QED) is 0.414. The van der Waals surface area contributed by atoms with Gasteiger partial charge in [-0.25, -0.2) is 0 Å². The van der Waals surface area contributed by atoms with Gasteiger partial charge in [-0.3, -0.25) is 9.59 Å². The Kier molecular flexibility index (Phi) is 10.5. The number of carbonyl (C=O) groups is 2. The van der Waals surface area contributed by atoms with Crippen LogP contribution in [-0.4, -0.2) is 42.4 Å². The Balaban J connectivity index is 1.51. The first kappa shape index (κ1) is 27.4. The Morgan fingerprint density at radius 1 is 0.972 bits per heavy atom. The fraction of sp³-hybridized carbons (Fsp3) is 0.419. The number of benzene rings is 2. The van der Waals surface area contributed by atoms with Crippen molar-refractivity contribution in [2.45, 2.75) is 59.5 Å². The van der Waals surface area contributed by atoms with Gasteiger partial charge in [-0.15, -0.1) is 0 Å². The summed E-state index contributed by atoms with van der Waals surface area (Å²) >= 11 is 0. The lowest BCUT2D eigenvalue weighted by molar-refractivity contribution is 0.0928. The van der Waals surface area contributed by atoms with Crippen molar-refractivity contribution >= 4 is 17.4 Å². The van der Waals surface area contributed by atoms with Gasteiger partial charge >= 0.3 is 0 Å². The minimum absolute atomic E-state index is 0.0536. The van der Waals surface area contributed by atoms with Crippen LogP contribution in [0, 0.1) is 5.92 Å². The monoisotopic (exact) mass is 487 g/mol. The molecule has 0 radical (unpaired) electrons. The van der Waals surface area contributed by atoms with Crippen molar-refractivity contribution in [2.75, 3.05) is 19.6 Å². The molecule has 1 saturated heterocycles. The minimum atomic E-state index is -0.129. The molecule has 5 heteroatoms. The molecule has 0 spiro atoms. The molecule has 2 amide bonds. The van der Waals surface area contributed by atoms with E-state index in [1.807, 2.05) is 61.5 Å². The van der Waals surface area contributed by atoms with Gasteiger partial charge in [0.05, 0.1) is 0 Å². The predicted molar refractivity (Wildman–Crippen MR) is 149 cm³/mol. The third kappa shape index (κ3) is 7.92. The van der Waals surface area contributed by atoms with Crippen molar-refractivity contribution in [1.29, 1.82) is 0 Å². The summed E-state index contributed by atoms with van der Waals surface area (Å²) in [6.45, 7) is 11.9. The summed E-state index contributed by atoms with van der Waals surface area (Å²) in [4.78, 5) is 27.9. The fourth-order valence-electron chi connectivity index (χ4n) is 4.62. The maximum absolute atomic E-state index is 12.7. The molecule has 36 heavy (non-hydrogen) atoms. The highest BCUT2D eigenvalue weighted by Gasteiger charge is 2.21. The zero-order valence-corrected chi connectivity index (χ0v) is 22.2. The number of nitrogens with one attached hydrogen (secondary N) is 2. The Hall–Kier alpha value is -3.18. The van der Waals surface area contributed by atoms with Crippen LogP contribution in [0.4, 0.5) is 0 Å². The van der Waals surface area contributed by atoms with Gasteiger partial charge < -0.3 is 15.5 Å². The molecule has 0 saturated carbocycles. The Morgan fingerprint density at radius 3 is 2.28 bits per heavy atom. The number of likely N-dealkylation sites (tertiary alicyclic amines) is 1. The van der Waals surface area contributed by atoms with Gasteiger partial charge in [0.2, 0.25) is 0 Å². The number of rotatable bonds is 10. The lowest BCUT2D eigenvalue weighted by Gasteiger charge is -2.34. The second-order valence-corrected chi connectivity index (χ2v) is 9.81. The van der Waals surface area contributed by atoms with Gasteiger partial charge in [0.15, 0.2) is 0 Å². The molecule has 0 atom stereocenters. The van der Waals surface area contributed by atoms with Crippen molar-refractivity contribution in [3.05, 3.63) is 89.0 Å². The minimum Gasteiger partial charge on any atom is -0.352 e. The third-order valence-electron chi connectivity index (χ3n) is 6.82. The number of allylic oxidation sites excluding steroid dienone is 4. The Labute approximate surface area is 216 Å². The average molecular weight is 488 g/mol. The maximum atomic E-state index is 12.7. The van der Waals surface area contributed by atoms with Crippen molar-refractivity contribution in [2.24, 2.45) is 5.92 Å². The average Bonchev–Trinajstić information content (AvgIpc) is 2.90. The molecule has 5 nitrogen and oxygen atoms in total. The van der Waals surface area contributed by atoms with Gasteiger partial charge in [-0.05, 0) is 100 Å². The van der Waals surface area contributed by atoms with Crippen LogP contribution in [0.3, 0.4) is 0 Å². The molecule has 1 aliphatic heterocycles. The van der Waals surface area contributed by atoms with E-state index in [1.54, 1.807) is 0 Å². The van der Waals surface area contributed by atoms with Crippen LogP contribution in [0.1, 0.15) is 78.8 Å². The van der Waals surface area contributed by atoms with E-state index in [0.717, 1.165) is 49.1 Å². The van der Waals surface area contributed by atoms with E-state index < -0.39 is 0 Å². The van der Waals surface area contributed by atoms with Crippen molar-refractivity contribution in [3.8, 4) is 0 Å². The maximum Gasteiger partial charge on any atom is 0.251 e. The summed E-state index contributed by atoms with van der Waals surface area (Å²) < 4.78 is 0. The fourth-order valence-corrected chi connectivity index (χ4v) is 4.62. The lowest BCUT2D eigenvalue weighted by atomic mass is 9.96. The standard InChI is InChI=1S/C31H41N3O2/c1-5-8-26(9-6-2)27-12-14-28(15-13-27)30(35)33-22-25-10-7-11-29(20-25)31(36)32-21-24-16-18-34(19-17-24)23(3)4/h5,7-15,20,23-24H,6,16-19,21-22H2,1-4H3,(H,32,36)(H,33,35)/b8-5-,26-9+. The van der Waals surface area contributed by atoms with Gasteiger partial charge in [0, 0.05) is 30.3 Å². The molecule has 1 heterocycles. The molecule has 0 unspecified atom stereocenters. The summed E-state index contributed by atoms with van der Waals surface area (Å²) in [5.41, 5.74) is 4.40. The van der Waals surface area contributed by atoms with E-state index >= 15 is 0 Å². The largest absolute Gasteiger partial charge is 0.352 e. The van der Waals surface area contributed by atoms with Crippen molar-refractivity contribution in [3.63, 3.8) is 0 Å². The van der Waals surface area contributed by atoms with Gasteiger partial charge in [0.1, 0.15) is 0 Å². The third-order valence-corrected chi connectivity index (χ3v) is 6.82. The second-order valence-electron chi connectivity index (χ2n) is 9.81. The molecule has 3 rings (SSSR count). The highest BCUT2D eigenvalue weighted by Crippen LogP contribution is 2.19. The first-order valence-corrected chi connectivity index (χ1v) is 13.2. The van der Waals surface area contributed by atoms with E-state index in [2.05, 4.69) is 48.5 Å². The molecule has 1 aliphatic rings. The van der Waals surface area contributed by atoms with Crippen LogP contribution in [0.5, 0.6) is 0 Å². The molecule has 192 valence electrons. The first-order chi connectivity index (χ1) is 17.4. The van der Waals surface area contributed by atoms with Crippen molar-refractivity contribution < 1.29 is 9.59 Å². The highest BCUT2D eigenvalue weighted by molar-refractivity contribution is 5.95. The topological polar surface area (TPSA) is 61.4 Å². The molecular weight excluding hydrogens is 446 g/mol. The van der Waals surface area contributed by atoms with E-state index in [4.69, 9.17) is 0 Å². The smallest absolute Gasteiger partial charge is 0.251 e. The molecular formula is C31H41N3O2. The summed E-state index contributed by atoms with van der Waals surface area (Å²) in [5.74, 6) is 0.350. The summed E-state index contributed by atoms with van der Waals surface area (Å²) in [6, 6.07) is 15.7. The second kappa shape index (κ2) is 13.8. The number of hydrogen-bond donors (Lipinski definition) is 2. The molecule has 2 aromatic carbocycles. The van der Waals surface area contributed by atoms with E-state index in [-0.39, 0.29) is 11.8 Å². The molecule has 1 fully saturated rings. The Morgan fingerprint density at radius 2 is 1.64 bits per heavy atom. The molecule has 0 aliphatic carbocycles. The predicted octanol–water partition coefficient (Wildman–Crippen LogP) is 5.84. The molecule has 2 N–H and O–H groups in total. The van der Waals surface area contributed by atoms with Gasteiger partial charge in [-0.1, -0.05) is 49.4 Å². The van der Waals surface area contributed by atoms with E-state index in [1.165, 1.54) is 0 Å². The Bertz CT molecular complexity index is 1060. The van der Waals surface area contributed by atoms with Crippen LogP contribution in [-0.2, 0) is 6.54 Å². The summed E-state index contributed by atoms with van der Waals surface area (Å²) in [5, 5.41) is 6.08. The highest BCUT2D eigenvalue weighted by atomic mass is 16.2. The van der Waals surface area contributed by atoms with E-state index in [9.17, 15) is 9.59 Å². The number of amides is 2. The first-order valence-electron chi connectivity index (χ1n) is 13.2. The van der Waals surface area contributed by atoms with E-state index in [0.29, 0.717) is 36.2 Å². The zero-order valence-electron chi connectivity index (χ0n) is 22.2. The number of nitrogens with zero attached hydrogens (tertiary/aromatic N) is 1. The van der Waals surface area contributed by atoms with Crippen LogP contribution < -0.4 is 10.6 Å². The summed E-state index contributed by atoms with van der Waals surface area (Å²) in [7, 11) is 0. The SMILES string of the molecule is C/C=C\C(=C/CC)c1ccc(C(=O)NCc2cccc(C(=O)NCC3CCN(C(C)C)CC3)c2)cc1. The normalized spacial score (nSPS) is 15.4.